The van der Waals surface area contributed by atoms with Gasteiger partial charge in [0.1, 0.15) is 0 Å². The van der Waals surface area contributed by atoms with Crippen LogP contribution in [0.25, 0.3) is 0 Å². The average Bonchev–Trinajstić information content (AvgIpc) is 2.17. The predicted molar refractivity (Wildman–Crippen MR) is 63.4 cm³/mol. The summed E-state index contributed by atoms with van der Waals surface area (Å²) in [5.74, 6) is 0.643. The second-order valence-electron chi connectivity index (χ2n) is 3.55. The van der Waals surface area contributed by atoms with E-state index in [2.05, 4.69) is 15.3 Å². The van der Waals surface area contributed by atoms with E-state index in [-0.39, 0.29) is 5.25 Å². The highest BCUT2D eigenvalue weighted by atomic mass is 32.2. The van der Waals surface area contributed by atoms with Crippen LogP contribution in [0.5, 0.6) is 0 Å². The van der Waals surface area contributed by atoms with Gasteiger partial charge in [-0.15, -0.1) is 0 Å². The Morgan fingerprint density at radius 3 is 2.93 bits per heavy atom. The number of rotatable bonds is 5. The highest BCUT2D eigenvalue weighted by Gasteiger charge is 2.05. The topological polar surface area (TPSA) is 54.9 Å². The van der Waals surface area contributed by atoms with Gasteiger partial charge in [0.15, 0.2) is 0 Å². The first-order chi connectivity index (χ1) is 7.09. The smallest absolute Gasteiger partial charge is 0.222 e. The maximum atomic E-state index is 11.1. The van der Waals surface area contributed by atoms with Crippen molar-refractivity contribution in [2.45, 2.75) is 25.5 Å². The number of hydrogen-bond acceptors (Lipinski definition) is 4. The number of hydrogen-bond donors (Lipinski definition) is 1. The summed E-state index contributed by atoms with van der Waals surface area (Å²) in [7, 11) is -0.753. The third-order valence-corrected chi connectivity index (χ3v) is 3.56. The summed E-state index contributed by atoms with van der Waals surface area (Å²) in [6.07, 6.45) is 4.32. The fourth-order valence-corrected chi connectivity index (χ4v) is 1.54. The molecule has 0 saturated heterocycles. The van der Waals surface area contributed by atoms with Crippen molar-refractivity contribution in [2.24, 2.45) is 0 Å². The lowest BCUT2D eigenvalue weighted by Gasteiger charge is -2.09. The first-order valence-electron chi connectivity index (χ1n) is 4.95. The van der Waals surface area contributed by atoms with Gasteiger partial charge in [-0.2, -0.15) is 0 Å². The standard InChI is InChI=1S/C10H17N3OS/c1-8-4-6-11-10(13-8)12-7-5-9(2)15(3)14/h4,6,9H,5,7H2,1-3H3,(H,11,12,13). The zero-order valence-corrected chi connectivity index (χ0v) is 10.2. The Hall–Kier alpha value is -0.970. The summed E-state index contributed by atoms with van der Waals surface area (Å²) in [4.78, 5) is 8.30. The molecule has 0 radical (unpaired) electrons. The molecule has 1 N–H and O–H groups in total. The van der Waals surface area contributed by atoms with Crippen molar-refractivity contribution >= 4 is 16.7 Å². The van der Waals surface area contributed by atoms with Gasteiger partial charge in [0.05, 0.1) is 0 Å². The fraction of sp³-hybridized carbons (Fsp3) is 0.600. The van der Waals surface area contributed by atoms with Gasteiger partial charge in [-0.3, -0.25) is 4.21 Å². The van der Waals surface area contributed by atoms with E-state index in [0.29, 0.717) is 5.95 Å². The molecule has 84 valence electrons. The van der Waals surface area contributed by atoms with Crippen molar-refractivity contribution in [2.75, 3.05) is 18.1 Å². The Morgan fingerprint density at radius 1 is 1.60 bits per heavy atom. The van der Waals surface area contributed by atoms with E-state index in [0.717, 1.165) is 18.7 Å². The zero-order chi connectivity index (χ0) is 11.3. The number of nitrogens with one attached hydrogen (secondary N) is 1. The molecule has 1 aromatic heterocycles. The lowest BCUT2D eigenvalue weighted by Crippen LogP contribution is -2.15. The van der Waals surface area contributed by atoms with Crippen LogP contribution in [-0.4, -0.2) is 32.2 Å². The van der Waals surface area contributed by atoms with E-state index in [9.17, 15) is 4.21 Å². The molecule has 0 spiro atoms. The maximum absolute atomic E-state index is 11.1. The summed E-state index contributed by atoms with van der Waals surface area (Å²) < 4.78 is 11.1. The molecule has 0 aliphatic heterocycles. The Labute approximate surface area is 93.0 Å². The lowest BCUT2D eigenvalue weighted by atomic mass is 10.3. The van der Waals surface area contributed by atoms with E-state index in [1.807, 2.05) is 19.9 Å². The molecule has 5 heteroatoms. The van der Waals surface area contributed by atoms with Gasteiger partial charge in [-0.05, 0) is 19.4 Å². The fourth-order valence-electron chi connectivity index (χ4n) is 1.09. The summed E-state index contributed by atoms with van der Waals surface area (Å²) in [5, 5.41) is 3.33. The van der Waals surface area contributed by atoms with Crippen LogP contribution in [0, 0.1) is 6.92 Å². The third kappa shape index (κ3) is 4.38. The Morgan fingerprint density at radius 2 is 2.33 bits per heavy atom. The van der Waals surface area contributed by atoms with E-state index in [4.69, 9.17) is 0 Å². The zero-order valence-electron chi connectivity index (χ0n) is 9.36. The molecule has 0 saturated carbocycles. The van der Waals surface area contributed by atoms with Crippen LogP contribution in [0.15, 0.2) is 12.3 Å². The van der Waals surface area contributed by atoms with Crippen molar-refractivity contribution < 1.29 is 4.21 Å². The van der Waals surface area contributed by atoms with Gasteiger partial charge >= 0.3 is 0 Å². The van der Waals surface area contributed by atoms with Gasteiger partial charge < -0.3 is 5.32 Å². The maximum Gasteiger partial charge on any atom is 0.222 e. The molecular formula is C10H17N3OS. The van der Waals surface area contributed by atoms with E-state index < -0.39 is 10.8 Å². The van der Waals surface area contributed by atoms with E-state index >= 15 is 0 Å². The Balaban J connectivity index is 2.35. The molecule has 0 amide bonds. The van der Waals surface area contributed by atoms with E-state index in [1.54, 1.807) is 12.5 Å². The molecular weight excluding hydrogens is 210 g/mol. The van der Waals surface area contributed by atoms with Crippen LogP contribution < -0.4 is 5.32 Å². The highest BCUT2D eigenvalue weighted by molar-refractivity contribution is 7.84. The van der Waals surface area contributed by atoms with Crippen LogP contribution in [0.4, 0.5) is 5.95 Å². The van der Waals surface area contributed by atoms with Crippen molar-refractivity contribution in [1.29, 1.82) is 0 Å². The number of nitrogens with zero attached hydrogens (tertiary/aromatic N) is 2. The largest absolute Gasteiger partial charge is 0.354 e. The van der Waals surface area contributed by atoms with Crippen LogP contribution in [0.1, 0.15) is 19.0 Å². The molecule has 4 nitrogen and oxygen atoms in total. The summed E-state index contributed by atoms with van der Waals surface area (Å²) in [6.45, 7) is 4.66. The molecule has 0 aliphatic rings. The monoisotopic (exact) mass is 227 g/mol. The van der Waals surface area contributed by atoms with Crippen LogP contribution in [0.3, 0.4) is 0 Å². The number of anilines is 1. The molecule has 0 aliphatic carbocycles. The Kier molecular flexibility index (Phi) is 4.68. The van der Waals surface area contributed by atoms with Gasteiger partial charge in [0.25, 0.3) is 0 Å². The highest BCUT2D eigenvalue weighted by Crippen LogP contribution is 2.02. The van der Waals surface area contributed by atoms with Crippen LogP contribution in [-0.2, 0) is 10.8 Å². The Bertz CT molecular complexity index is 343. The second-order valence-corrected chi connectivity index (χ2v) is 5.35. The molecule has 15 heavy (non-hydrogen) atoms. The minimum atomic E-state index is -0.753. The molecule has 0 bridgehead atoms. The molecule has 1 rings (SSSR count). The molecule has 0 aromatic carbocycles. The molecule has 2 unspecified atom stereocenters. The lowest BCUT2D eigenvalue weighted by molar-refractivity contribution is 0.672. The molecule has 1 heterocycles. The van der Waals surface area contributed by atoms with Crippen molar-refractivity contribution in [1.82, 2.24) is 9.97 Å². The van der Waals surface area contributed by atoms with Gasteiger partial charge in [-0.1, -0.05) is 6.92 Å². The summed E-state index contributed by atoms with van der Waals surface area (Å²) in [6, 6.07) is 1.86. The molecule has 2 atom stereocenters. The SMILES string of the molecule is Cc1ccnc(NCCC(C)S(C)=O)n1. The third-order valence-electron chi connectivity index (χ3n) is 2.20. The van der Waals surface area contributed by atoms with Crippen molar-refractivity contribution in [3.05, 3.63) is 18.0 Å². The summed E-state index contributed by atoms with van der Waals surface area (Å²) >= 11 is 0. The quantitative estimate of drug-likeness (QED) is 0.825. The van der Waals surface area contributed by atoms with E-state index in [1.165, 1.54) is 0 Å². The van der Waals surface area contributed by atoms with Crippen molar-refractivity contribution in [3.63, 3.8) is 0 Å². The normalized spacial score (nSPS) is 14.6. The van der Waals surface area contributed by atoms with Gasteiger partial charge in [0.2, 0.25) is 5.95 Å². The molecule has 1 aromatic rings. The van der Waals surface area contributed by atoms with Crippen LogP contribution >= 0.6 is 0 Å². The minimum Gasteiger partial charge on any atom is -0.354 e. The van der Waals surface area contributed by atoms with Crippen molar-refractivity contribution in [3.8, 4) is 0 Å². The van der Waals surface area contributed by atoms with Gasteiger partial charge in [0, 0.05) is 40.7 Å². The first kappa shape index (κ1) is 12.1. The van der Waals surface area contributed by atoms with Crippen LogP contribution in [0.2, 0.25) is 0 Å². The second kappa shape index (κ2) is 5.80. The molecule has 0 fully saturated rings. The average molecular weight is 227 g/mol. The minimum absolute atomic E-state index is 0.210. The predicted octanol–water partition coefficient (Wildman–Crippen LogP) is 1.35. The number of aryl methyl sites for hydroxylation is 1. The summed E-state index contributed by atoms with van der Waals surface area (Å²) in [5.41, 5.74) is 0.944. The first-order valence-corrected chi connectivity index (χ1v) is 6.57. The van der Waals surface area contributed by atoms with Gasteiger partial charge in [-0.25, -0.2) is 9.97 Å². The number of aromatic nitrogens is 2.